The van der Waals surface area contributed by atoms with Crippen LogP contribution in [0.3, 0.4) is 0 Å². The van der Waals surface area contributed by atoms with Gasteiger partial charge in [0.05, 0.1) is 12.2 Å². The van der Waals surface area contributed by atoms with Gasteiger partial charge in [-0.1, -0.05) is 17.7 Å². The Morgan fingerprint density at radius 2 is 2.22 bits per heavy atom. The number of ether oxygens (including phenoxy) is 2. The van der Waals surface area contributed by atoms with E-state index in [2.05, 4.69) is 16.2 Å². The Morgan fingerprint density at radius 3 is 3.13 bits per heavy atom. The number of hydrazine groups is 1. The van der Waals surface area contributed by atoms with E-state index in [1.54, 1.807) is 6.26 Å². The molecule has 5 nitrogen and oxygen atoms in total. The normalized spacial score (nSPS) is 23.8. The fraction of sp³-hybridized carbons (Fsp3) is 0.176. The highest BCUT2D eigenvalue weighted by molar-refractivity contribution is 6.30. The molecule has 4 aliphatic rings. The highest BCUT2D eigenvalue weighted by Gasteiger charge is 2.41. The minimum atomic E-state index is 0.279. The number of hydrogen-bond acceptors (Lipinski definition) is 5. The van der Waals surface area contributed by atoms with E-state index < -0.39 is 0 Å². The molecule has 5 rings (SSSR count). The van der Waals surface area contributed by atoms with E-state index in [9.17, 15) is 0 Å². The lowest BCUT2D eigenvalue weighted by molar-refractivity contribution is 0.260. The van der Waals surface area contributed by atoms with Gasteiger partial charge in [-0.15, -0.1) is 0 Å². The average Bonchev–Trinajstić information content (AvgIpc) is 3.21. The number of hydrogen-bond donors (Lipinski definition) is 3. The Morgan fingerprint density at radius 1 is 1.26 bits per heavy atom. The number of benzene rings is 1. The fourth-order valence-electron chi connectivity index (χ4n) is 3.42. The van der Waals surface area contributed by atoms with Crippen molar-refractivity contribution >= 4 is 17.3 Å². The second-order valence-electron chi connectivity index (χ2n) is 5.80. The molecule has 3 N–H and O–H groups in total. The quantitative estimate of drug-likeness (QED) is 0.779. The molecule has 1 fully saturated rings. The van der Waals surface area contributed by atoms with Crippen LogP contribution in [0.5, 0.6) is 0 Å². The van der Waals surface area contributed by atoms with Crippen LogP contribution in [0.25, 0.3) is 0 Å². The SMILES string of the molecule is Clc1cccc(NC2=C3C(=COC4=C3C3CCOC3=C4)NN2)c1. The van der Waals surface area contributed by atoms with Gasteiger partial charge in [0.25, 0.3) is 0 Å². The van der Waals surface area contributed by atoms with Gasteiger partial charge in [-0.25, -0.2) is 0 Å². The van der Waals surface area contributed by atoms with Crippen LogP contribution < -0.4 is 16.2 Å². The van der Waals surface area contributed by atoms with Crippen molar-refractivity contribution in [1.82, 2.24) is 10.9 Å². The Kier molecular flexibility index (Phi) is 2.67. The summed E-state index contributed by atoms with van der Waals surface area (Å²) in [6.45, 7) is 0.761. The molecular weight excluding hydrogens is 314 g/mol. The zero-order valence-electron chi connectivity index (χ0n) is 12.2. The van der Waals surface area contributed by atoms with Crippen molar-refractivity contribution in [2.24, 2.45) is 5.92 Å². The molecule has 1 saturated heterocycles. The monoisotopic (exact) mass is 327 g/mol. The molecule has 116 valence electrons. The molecule has 1 aromatic carbocycles. The van der Waals surface area contributed by atoms with E-state index in [4.69, 9.17) is 21.1 Å². The molecular formula is C17H14ClN3O2. The highest BCUT2D eigenvalue weighted by atomic mass is 35.5. The molecule has 1 unspecified atom stereocenters. The van der Waals surface area contributed by atoms with Gasteiger partial charge < -0.3 is 14.8 Å². The number of nitrogens with one attached hydrogen (secondary N) is 3. The fourth-order valence-corrected chi connectivity index (χ4v) is 3.61. The molecule has 3 heterocycles. The van der Waals surface area contributed by atoms with Gasteiger partial charge in [-0.05, 0) is 24.6 Å². The third-order valence-corrected chi connectivity index (χ3v) is 4.65. The Hall–Kier alpha value is -2.53. The molecule has 1 aromatic rings. The summed E-state index contributed by atoms with van der Waals surface area (Å²) in [4.78, 5) is 0. The molecule has 0 amide bonds. The van der Waals surface area contributed by atoms with Crippen LogP contribution in [0.15, 0.2) is 70.8 Å². The van der Waals surface area contributed by atoms with E-state index in [-0.39, 0.29) is 5.92 Å². The van der Waals surface area contributed by atoms with Gasteiger partial charge in [0.1, 0.15) is 29.3 Å². The van der Waals surface area contributed by atoms with Gasteiger partial charge in [-0.2, -0.15) is 0 Å². The first-order valence-electron chi connectivity index (χ1n) is 7.54. The Labute approximate surface area is 138 Å². The van der Waals surface area contributed by atoms with Crippen molar-refractivity contribution in [2.75, 3.05) is 11.9 Å². The van der Waals surface area contributed by atoms with Crippen LogP contribution >= 0.6 is 11.6 Å². The van der Waals surface area contributed by atoms with Crippen LogP contribution in [0, 0.1) is 5.92 Å². The molecule has 1 atom stereocenters. The summed E-state index contributed by atoms with van der Waals surface area (Å²) in [5.41, 5.74) is 10.5. The first-order valence-corrected chi connectivity index (χ1v) is 7.92. The van der Waals surface area contributed by atoms with Crippen LogP contribution in [0.1, 0.15) is 6.42 Å². The van der Waals surface area contributed by atoms with Crippen molar-refractivity contribution in [3.63, 3.8) is 0 Å². The van der Waals surface area contributed by atoms with Crippen LogP contribution in [-0.2, 0) is 9.47 Å². The second-order valence-corrected chi connectivity index (χ2v) is 6.24. The zero-order chi connectivity index (χ0) is 15.4. The lowest BCUT2D eigenvalue weighted by atomic mass is 9.90. The maximum absolute atomic E-state index is 6.07. The first kappa shape index (κ1) is 13.0. The molecule has 0 radical (unpaired) electrons. The predicted octanol–water partition coefficient (Wildman–Crippen LogP) is 3.13. The summed E-state index contributed by atoms with van der Waals surface area (Å²) in [6, 6.07) is 7.65. The molecule has 0 saturated carbocycles. The summed E-state index contributed by atoms with van der Waals surface area (Å²) in [5.74, 6) is 3.06. The second kappa shape index (κ2) is 4.73. The minimum Gasteiger partial charge on any atom is -0.497 e. The summed E-state index contributed by atoms with van der Waals surface area (Å²) < 4.78 is 11.4. The number of halogens is 1. The van der Waals surface area contributed by atoms with Gasteiger partial charge in [0, 0.05) is 28.3 Å². The van der Waals surface area contributed by atoms with E-state index >= 15 is 0 Å². The lowest BCUT2D eigenvalue weighted by Gasteiger charge is -2.19. The molecule has 1 aliphatic carbocycles. The van der Waals surface area contributed by atoms with Gasteiger partial charge in [0.2, 0.25) is 0 Å². The van der Waals surface area contributed by atoms with Crippen LogP contribution in [0.2, 0.25) is 5.02 Å². The number of rotatable bonds is 2. The van der Waals surface area contributed by atoms with E-state index in [0.29, 0.717) is 5.02 Å². The third kappa shape index (κ3) is 1.93. The lowest BCUT2D eigenvalue weighted by Crippen LogP contribution is -2.26. The van der Waals surface area contributed by atoms with Gasteiger partial charge in [-0.3, -0.25) is 10.9 Å². The van der Waals surface area contributed by atoms with Crippen LogP contribution in [-0.4, -0.2) is 6.61 Å². The summed E-state index contributed by atoms with van der Waals surface area (Å²) in [5, 5.41) is 4.10. The standard InChI is InChI=1S/C17H14ClN3O2/c18-9-2-1-3-10(6-9)19-17-16-12(20-21-17)8-23-14-7-13-11(15(14)16)4-5-22-13/h1-3,6-8,11,19-21H,4-5H2. The topological polar surface area (TPSA) is 54.5 Å². The van der Waals surface area contributed by atoms with Crippen LogP contribution in [0.4, 0.5) is 5.69 Å². The van der Waals surface area contributed by atoms with Crippen molar-refractivity contribution in [3.05, 3.63) is 75.8 Å². The largest absolute Gasteiger partial charge is 0.497 e. The van der Waals surface area contributed by atoms with E-state index in [1.807, 2.05) is 30.3 Å². The molecule has 6 heteroatoms. The predicted molar refractivity (Wildman–Crippen MR) is 86.7 cm³/mol. The Balaban J connectivity index is 1.56. The summed E-state index contributed by atoms with van der Waals surface area (Å²) in [6.07, 6.45) is 4.71. The maximum atomic E-state index is 6.07. The average molecular weight is 328 g/mol. The van der Waals surface area contributed by atoms with Gasteiger partial charge >= 0.3 is 0 Å². The van der Waals surface area contributed by atoms with Gasteiger partial charge in [0.15, 0.2) is 0 Å². The molecule has 0 aromatic heterocycles. The number of fused-ring (bicyclic) bond motifs is 4. The first-order chi connectivity index (χ1) is 11.3. The molecule has 0 spiro atoms. The minimum absolute atomic E-state index is 0.279. The maximum Gasteiger partial charge on any atom is 0.134 e. The summed E-state index contributed by atoms with van der Waals surface area (Å²) in [7, 11) is 0. The highest BCUT2D eigenvalue weighted by Crippen LogP contribution is 2.47. The van der Waals surface area contributed by atoms with Crippen molar-refractivity contribution in [2.45, 2.75) is 6.42 Å². The number of allylic oxidation sites excluding steroid dienone is 3. The smallest absolute Gasteiger partial charge is 0.134 e. The molecule has 3 aliphatic heterocycles. The Bertz CT molecular complexity index is 838. The van der Waals surface area contributed by atoms with E-state index in [1.165, 1.54) is 5.57 Å². The van der Waals surface area contributed by atoms with Crippen molar-refractivity contribution < 1.29 is 9.47 Å². The number of anilines is 1. The zero-order valence-corrected chi connectivity index (χ0v) is 12.9. The molecule has 0 bridgehead atoms. The van der Waals surface area contributed by atoms with E-state index in [0.717, 1.165) is 47.3 Å². The third-order valence-electron chi connectivity index (χ3n) is 4.41. The molecule has 23 heavy (non-hydrogen) atoms. The van der Waals surface area contributed by atoms with Crippen molar-refractivity contribution in [3.8, 4) is 0 Å². The summed E-state index contributed by atoms with van der Waals surface area (Å²) >= 11 is 6.07. The van der Waals surface area contributed by atoms with Crippen molar-refractivity contribution in [1.29, 1.82) is 0 Å².